The fourth-order valence-corrected chi connectivity index (χ4v) is 3.98. The molecule has 0 radical (unpaired) electrons. The molecular formula is C20H25ClN10S. The first-order valence-corrected chi connectivity index (χ1v) is 11.1. The standard InChI is InChI=1S/C20H25ClN10S/c21-13-2-3-14-15(12-13)24-7-4-16(14)30-8-10-31(11-9-30)20(32)29-19-27-17(23)26-18(28-19)25-6-1-5-22/h2-4,7,12H,1,5-6,8-11,22H2,(H4,23,25,26,27,28,29,32). The van der Waals surface area contributed by atoms with Crippen LogP contribution in [0.2, 0.25) is 5.02 Å². The summed E-state index contributed by atoms with van der Waals surface area (Å²) in [6.45, 7) is 4.37. The van der Waals surface area contributed by atoms with Crippen LogP contribution in [0.5, 0.6) is 0 Å². The summed E-state index contributed by atoms with van der Waals surface area (Å²) < 4.78 is 0. The molecule has 1 aliphatic heterocycles. The van der Waals surface area contributed by atoms with E-state index in [1.54, 1.807) is 0 Å². The molecule has 0 atom stereocenters. The molecule has 2 aromatic heterocycles. The number of hydrogen-bond donors (Lipinski definition) is 4. The van der Waals surface area contributed by atoms with Crippen LogP contribution >= 0.6 is 23.8 Å². The first kappa shape index (κ1) is 22.2. The Morgan fingerprint density at radius 1 is 1.09 bits per heavy atom. The molecule has 3 heterocycles. The van der Waals surface area contributed by atoms with Gasteiger partial charge in [0.1, 0.15) is 0 Å². The number of nitrogens with two attached hydrogens (primary N) is 2. The van der Waals surface area contributed by atoms with Crippen LogP contribution in [0.3, 0.4) is 0 Å². The third kappa shape index (κ3) is 5.23. The van der Waals surface area contributed by atoms with Crippen LogP contribution in [0.15, 0.2) is 30.5 Å². The van der Waals surface area contributed by atoms with Crippen LogP contribution in [0.1, 0.15) is 6.42 Å². The Morgan fingerprint density at radius 2 is 1.88 bits per heavy atom. The number of rotatable bonds is 6. The lowest BCUT2D eigenvalue weighted by Crippen LogP contribution is -2.50. The Bertz CT molecular complexity index is 1100. The average molecular weight is 473 g/mol. The van der Waals surface area contributed by atoms with Gasteiger partial charge in [0.05, 0.1) is 5.52 Å². The van der Waals surface area contributed by atoms with Gasteiger partial charge in [-0.1, -0.05) is 11.6 Å². The fourth-order valence-electron chi connectivity index (χ4n) is 3.54. The van der Waals surface area contributed by atoms with E-state index in [0.717, 1.165) is 49.2 Å². The van der Waals surface area contributed by atoms with E-state index in [2.05, 4.69) is 40.4 Å². The molecule has 10 nitrogen and oxygen atoms in total. The third-order valence-corrected chi connectivity index (χ3v) is 5.72. The van der Waals surface area contributed by atoms with Crippen LogP contribution < -0.4 is 27.0 Å². The van der Waals surface area contributed by atoms with Gasteiger partial charge in [0.25, 0.3) is 0 Å². The van der Waals surface area contributed by atoms with Crippen LogP contribution in [0.4, 0.5) is 23.5 Å². The Kier molecular flexibility index (Phi) is 6.98. The minimum absolute atomic E-state index is 0.120. The van der Waals surface area contributed by atoms with Crippen LogP contribution in [-0.2, 0) is 0 Å². The minimum atomic E-state index is 0.120. The van der Waals surface area contributed by atoms with Gasteiger partial charge >= 0.3 is 0 Å². The first-order chi connectivity index (χ1) is 15.5. The van der Waals surface area contributed by atoms with Crippen molar-refractivity contribution in [2.75, 3.05) is 60.5 Å². The number of piperazine rings is 1. The summed E-state index contributed by atoms with van der Waals surface area (Å²) in [6.07, 6.45) is 2.62. The summed E-state index contributed by atoms with van der Waals surface area (Å²) in [7, 11) is 0. The quantitative estimate of drug-likeness (QED) is 0.309. The van der Waals surface area contributed by atoms with Gasteiger partial charge in [0.2, 0.25) is 17.8 Å². The molecule has 168 valence electrons. The lowest BCUT2D eigenvalue weighted by Gasteiger charge is -2.37. The summed E-state index contributed by atoms with van der Waals surface area (Å²) in [5, 5.41) is 8.48. The van der Waals surface area contributed by atoms with Crippen molar-refractivity contribution in [3.63, 3.8) is 0 Å². The molecule has 12 heteroatoms. The lowest BCUT2D eigenvalue weighted by molar-refractivity contribution is 0.391. The molecule has 0 aliphatic carbocycles. The molecule has 1 saturated heterocycles. The predicted molar refractivity (Wildman–Crippen MR) is 133 cm³/mol. The van der Waals surface area contributed by atoms with Crippen LogP contribution in [-0.4, -0.2) is 69.2 Å². The topological polar surface area (TPSA) is 134 Å². The SMILES string of the molecule is NCCCNc1nc(N)nc(NC(=S)N2CCN(c3ccnc4cc(Cl)ccc34)CC2)n1. The number of hydrogen-bond acceptors (Lipinski definition) is 9. The van der Waals surface area contributed by atoms with Gasteiger partial charge in [0, 0.05) is 55.0 Å². The van der Waals surface area contributed by atoms with E-state index < -0.39 is 0 Å². The predicted octanol–water partition coefficient (Wildman–Crippen LogP) is 1.94. The number of nitrogens with one attached hydrogen (secondary N) is 2. The second-order valence-corrected chi connectivity index (χ2v) is 8.13. The number of benzene rings is 1. The number of pyridine rings is 1. The largest absolute Gasteiger partial charge is 0.368 e. The smallest absolute Gasteiger partial charge is 0.235 e. The van der Waals surface area contributed by atoms with Crippen molar-refractivity contribution in [1.29, 1.82) is 0 Å². The lowest BCUT2D eigenvalue weighted by atomic mass is 10.1. The van der Waals surface area contributed by atoms with Gasteiger partial charge in [0.15, 0.2) is 5.11 Å². The van der Waals surface area contributed by atoms with Gasteiger partial charge < -0.3 is 31.9 Å². The van der Waals surface area contributed by atoms with Crippen molar-refractivity contribution >= 4 is 63.4 Å². The van der Waals surface area contributed by atoms with E-state index in [0.29, 0.717) is 35.1 Å². The van der Waals surface area contributed by atoms with E-state index in [4.69, 9.17) is 35.3 Å². The van der Waals surface area contributed by atoms with E-state index >= 15 is 0 Å². The Balaban J connectivity index is 1.38. The highest BCUT2D eigenvalue weighted by Crippen LogP contribution is 2.28. The maximum atomic E-state index is 6.12. The van der Waals surface area contributed by atoms with Gasteiger partial charge in [-0.25, -0.2) is 0 Å². The third-order valence-electron chi connectivity index (χ3n) is 5.12. The number of anilines is 4. The molecule has 1 aliphatic rings. The molecule has 0 unspecified atom stereocenters. The number of thiocarbonyl (C=S) groups is 1. The van der Waals surface area contributed by atoms with Gasteiger partial charge in [-0.15, -0.1) is 0 Å². The van der Waals surface area contributed by atoms with Crippen molar-refractivity contribution in [3.05, 3.63) is 35.5 Å². The normalized spacial score (nSPS) is 13.9. The summed E-state index contributed by atoms with van der Waals surface area (Å²) in [5.41, 5.74) is 13.4. The van der Waals surface area contributed by atoms with E-state index in [-0.39, 0.29) is 5.95 Å². The van der Waals surface area contributed by atoms with Crippen LogP contribution in [0.25, 0.3) is 10.9 Å². The highest BCUT2D eigenvalue weighted by atomic mass is 35.5. The second kappa shape index (κ2) is 10.1. The summed E-state index contributed by atoms with van der Waals surface area (Å²) >= 11 is 11.7. The minimum Gasteiger partial charge on any atom is -0.368 e. The monoisotopic (exact) mass is 472 g/mol. The van der Waals surface area contributed by atoms with E-state index in [1.165, 1.54) is 0 Å². The van der Waals surface area contributed by atoms with Gasteiger partial charge in [-0.2, -0.15) is 15.0 Å². The molecule has 1 aromatic carbocycles. The molecule has 4 rings (SSSR count). The summed E-state index contributed by atoms with van der Waals surface area (Å²) in [4.78, 5) is 21.4. The maximum Gasteiger partial charge on any atom is 0.235 e. The summed E-state index contributed by atoms with van der Waals surface area (Å²) in [6, 6.07) is 7.83. The fraction of sp³-hybridized carbons (Fsp3) is 0.350. The number of nitrogens with zero attached hydrogens (tertiary/aromatic N) is 6. The first-order valence-electron chi connectivity index (χ1n) is 10.3. The molecule has 0 bridgehead atoms. The van der Waals surface area contributed by atoms with E-state index in [1.807, 2.05) is 30.5 Å². The molecule has 32 heavy (non-hydrogen) atoms. The molecule has 3 aromatic rings. The molecular weight excluding hydrogens is 448 g/mol. The van der Waals surface area contributed by atoms with E-state index in [9.17, 15) is 0 Å². The number of halogens is 1. The van der Waals surface area contributed by atoms with Crippen molar-refractivity contribution in [2.45, 2.75) is 6.42 Å². The second-order valence-electron chi connectivity index (χ2n) is 7.31. The highest BCUT2D eigenvalue weighted by molar-refractivity contribution is 7.80. The van der Waals surface area contributed by atoms with Crippen molar-refractivity contribution in [3.8, 4) is 0 Å². The average Bonchev–Trinajstić information content (AvgIpc) is 2.78. The molecule has 0 amide bonds. The van der Waals surface area contributed by atoms with Crippen molar-refractivity contribution < 1.29 is 0 Å². The zero-order valence-electron chi connectivity index (χ0n) is 17.5. The summed E-state index contributed by atoms with van der Waals surface area (Å²) in [5.74, 6) is 0.831. The zero-order valence-corrected chi connectivity index (χ0v) is 19.0. The van der Waals surface area contributed by atoms with Crippen LogP contribution in [0, 0.1) is 0 Å². The van der Waals surface area contributed by atoms with Gasteiger partial charge in [-0.05, 0) is 49.4 Å². The molecule has 6 N–H and O–H groups in total. The molecule has 0 saturated carbocycles. The Hall–Kier alpha value is -3.02. The maximum absolute atomic E-state index is 6.12. The number of aromatic nitrogens is 4. The van der Waals surface area contributed by atoms with Gasteiger partial charge in [-0.3, -0.25) is 4.98 Å². The Labute approximate surface area is 196 Å². The highest BCUT2D eigenvalue weighted by Gasteiger charge is 2.21. The Morgan fingerprint density at radius 3 is 2.66 bits per heavy atom. The van der Waals surface area contributed by atoms with Crippen molar-refractivity contribution in [2.24, 2.45) is 5.73 Å². The zero-order chi connectivity index (χ0) is 22.5. The molecule has 1 fully saturated rings. The van der Waals surface area contributed by atoms with Crippen molar-refractivity contribution in [1.82, 2.24) is 24.8 Å². The number of fused-ring (bicyclic) bond motifs is 1. The number of nitrogen functional groups attached to an aromatic ring is 1. The molecule has 0 spiro atoms.